The number of ether oxygens (including phenoxy) is 1. The van der Waals surface area contributed by atoms with E-state index in [2.05, 4.69) is 26.0 Å². The molecule has 0 saturated carbocycles. The van der Waals surface area contributed by atoms with E-state index in [-0.39, 0.29) is 0 Å². The molecule has 2 rings (SSSR count). The summed E-state index contributed by atoms with van der Waals surface area (Å²) in [6.07, 6.45) is 2.33. The molecule has 0 saturated heterocycles. The average Bonchev–Trinajstić information content (AvgIpc) is 2.47. The molecule has 1 aromatic rings. The lowest BCUT2D eigenvalue weighted by atomic mass is 10.0. The highest BCUT2D eigenvalue weighted by atomic mass is 16.5. The minimum atomic E-state index is 0.330. The van der Waals surface area contributed by atoms with Gasteiger partial charge in [0, 0.05) is 6.42 Å². The van der Waals surface area contributed by atoms with Crippen LogP contribution in [0, 0.1) is 6.92 Å². The van der Waals surface area contributed by atoms with Gasteiger partial charge in [0.2, 0.25) is 0 Å². The van der Waals surface area contributed by atoms with Crippen molar-refractivity contribution >= 4 is 0 Å². The first-order chi connectivity index (χ1) is 6.70. The third-order valence-electron chi connectivity index (χ3n) is 2.67. The Bertz CT molecular complexity index is 346. The molecule has 2 N–H and O–H groups in total. The summed E-state index contributed by atoms with van der Waals surface area (Å²) in [5.41, 5.74) is 9.48. The Morgan fingerprint density at radius 3 is 3.00 bits per heavy atom. The molecule has 0 aromatic heterocycles. The highest BCUT2D eigenvalue weighted by Crippen LogP contribution is 2.33. The third-order valence-corrected chi connectivity index (χ3v) is 2.67. The maximum Gasteiger partial charge on any atom is 0.125 e. The summed E-state index contributed by atoms with van der Waals surface area (Å²) >= 11 is 0. The van der Waals surface area contributed by atoms with Gasteiger partial charge in [0.1, 0.15) is 11.9 Å². The lowest BCUT2D eigenvalue weighted by molar-refractivity contribution is 0.253. The average molecular weight is 191 g/mol. The minimum Gasteiger partial charge on any atom is -0.490 e. The van der Waals surface area contributed by atoms with Crippen LogP contribution in [0.4, 0.5) is 0 Å². The standard InChI is InChI=1S/C12H17NO/c1-8-5-10(3-4-13)7-11-6-9(2)14-12(8)11/h5,7,9H,3-4,6,13H2,1-2H3. The Hall–Kier alpha value is -1.02. The molecule has 14 heavy (non-hydrogen) atoms. The van der Waals surface area contributed by atoms with Gasteiger partial charge in [-0.1, -0.05) is 12.1 Å². The lowest BCUT2D eigenvalue weighted by Crippen LogP contribution is -2.05. The predicted octanol–water partition coefficient (Wildman–Crippen LogP) is 1.82. The normalized spacial score (nSPS) is 19.2. The van der Waals surface area contributed by atoms with Crippen LogP contribution in [0.2, 0.25) is 0 Å². The van der Waals surface area contributed by atoms with E-state index in [1.165, 1.54) is 16.7 Å². The van der Waals surface area contributed by atoms with Crippen LogP contribution in [-0.2, 0) is 12.8 Å². The highest BCUT2D eigenvalue weighted by molar-refractivity contribution is 5.46. The molecule has 1 unspecified atom stereocenters. The first kappa shape index (κ1) is 9.53. The van der Waals surface area contributed by atoms with E-state index in [1.807, 2.05) is 0 Å². The summed E-state index contributed by atoms with van der Waals surface area (Å²) in [7, 11) is 0. The second-order valence-electron chi connectivity index (χ2n) is 4.07. The molecule has 0 aliphatic carbocycles. The van der Waals surface area contributed by atoms with Crippen molar-refractivity contribution < 1.29 is 4.74 Å². The fraction of sp³-hybridized carbons (Fsp3) is 0.500. The van der Waals surface area contributed by atoms with Crippen molar-refractivity contribution in [1.82, 2.24) is 0 Å². The molecule has 0 bridgehead atoms. The second-order valence-corrected chi connectivity index (χ2v) is 4.07. The van der Waals surface area contributed by atoms with E-state index in [4.69, 9.17) is 10.5 Å². The van der Waals surface area contributed by atoms with Crippen molar-refractivity contribution in [2.24, 2.45) is 5.73 Å². The molecule has 1 atom stereocenters. The Labute approximate surface area is 85.1 Å². The van der Waals surface area contributed by atoms with E-state index in [0.29, 0.717) is 12.6 Å². The molecule has 76 valence electrons. The number of rotatable bonds is 2. The summed E-state index contributed by atoms with van der Waals surface area (Å²) in [5.74, 6) is 1.10. The van der Waals surface area contributed by atoms with Crippen molar-refractivity contribution in [3.05, 3.63) is 28.8 Å². The van der Waals surface area contributed by atoms with Gasteiger partial charge < -0.3 is 10.5 Å². The third kappa shape index (κ3) is 1.62. The Kier molecular flexibility index (Phi) is 2.46. The number of hydrogen-bond donors (Lipinski definition) is 1. The van der Waals surface area contributed by atoms with Gasteiger partial charge in [-0.2, -0.15) is 0 Å². The van der Waals surface area contributed by atoms with Crippen molar-refractivity contribution in [1.29, 1.82) is 0 Å². The van der Waals surface area contributed by atoms with Crippen LogP contribution in [0.5, 0.6) is 5.75 Å². The van der Waals surface area contributed by atoms with Gasteiger partial charge in [0.15, 0.2) is 0 Å². The SMILES string of the molecule is Cc1cc(CCN)cc2c1OC(C)C2. The molecular weight excluding hydrogens is 174 g/mol. The molecule has 0 radical (unpaired) electrons. The van der Waals surface area contributed by atoms with Gasteiger partial charge in [0.25, 0.3) is 0 Å². The second kappa shape index (κ2) is 3.62. The van der Waals surface area contributed by atoms with Crippen LogP contribution in [0.15, 0.2) is 12.1 Å². The van der Waals surface area contributed by atoms with E-state index in [1.54, 1.807) is 0 Å². The lowest BCUT2D eigenvalue weighted by Gasteiger charge is -2.07. The predicted molar refractivity (Wildman–Crippen MR) is 57.7 cm³/mol. The number of benzene rings is 1. The van der Waals surface area contributed by atoms with E-state index >= 15 is 0 Å². The number of aryl methyl sites for hydroxylation is 1. The van der Waals surface area contributed by atoms with Gasteiger partial charge in [-0.15, -0.1) is 0 Å². The summed E-state index contributed by atoms with van der Waals surface area (Å²) in [6.45, 7) is 4.94. The van der Waals surface area contributed by atoms with Crippen molar-refractivity contribution in [3.8, 4) is 5.75 Å². The molecule has 1 aromatic carbocycles. The van der Waals surface area contributed by atoms with Crippen LogP contribution >= 0.6 is 0 Å². The fourth-order valence-corrected chi connectivity index (χ4v) is 2.11. The van der Waals surface area contributed by atoms with Gasteiger partial charge in [0.05, 0.1) is 0 Å². The van der Waals surface area contributed by atoms with Crippen LogP contribution in [0.3, 0.4) is 0 Å². The van der Waals surface area contributed by atoms with E-state index in [9.17, 15) is 0 Å². The molecule has 2 nitrogen and oxygen atoms in total. The molecule has 0 spiro atoms. The molecule has 1 aliphatic heterocycles. The maximum absolute atomic E-state index is 5.74. The van der Waals surface area contributed by atoms with Crippen molar-refractivity contribution in [2.45, 2.75) is 32.8 Å². The molecule has 0 fully saturated rings. The van der Waals surface area contributed by atoms with Crippen LogP contribution in [-0.4, -0.2) is 12.6 Å². The first-order valence-corrected chi connectivity index (χ1v) is 5.20. The van der Waals surface area contributed by atoms with Gasteiger partial charge >= 0.3 is 0 Å². The minimum absolute atomic E-state index is 0.330. The quantitative estimate of drug-likeness (QED) is 0.774. The topological polar surface area (TPSA) is 35.2 Å². The van der Waals surface area contributed by atoms with Crippen LogP contribution in [0.1, 0.15) is 23.6 Å². The largest absolute Gasteiger partial charge is 0.490 e. The fourth-order valence-electron chi connectivity index (χ4n) is 2.11. The van der Waals surface area contributed by atoms with E-state index < -0.39 is 0 Å². The van der Waals surface area contributed by atoms with Crippen LogP contribution in [0.25, 0.3) is 0 Å². The molecular formula is C12H17NO. The number of nitrogens with two attached hydrogens (primary N) is 1. The first-order valence-electron chi connectivity index (χ1n) is 5.20. The summed E-state index contributed by atoms with van der Waals surface area (Å²) in [5, 5.41) is 0. The molecule has 2 heteroatoms. The maximum atomic E-state index is 5.74. The molecule has 0 amide bonds. The Morgan fingerprint density at radius 2 is 2.29 bits per heavy atom. The van der Waals surface area contributed by atoms with Gasteiger partial charge in [-0.25, -0.2) is 0 Å². The highest BCUT2D eigenvalue weighted by Gasteiger charge is 2.21. The van der Waals surface area contributed by atoms with Crippen molar-refractivity contribution in [3.63, 3.8) is 0 Å². The van der Waals surface area contributed by atoms with Gasteiger partial charge in [-0.05, 0) is 43.5 Å². The summed E-state index contributed by atoms with van der Waals surface area (Å²) in [6, 6.07) is 4.42. The van der Waals surface area contributed by atoms with Crippen LogP contribution < -0.4 is 10.5 Å². The molecule has 1 aliphatic rings. The number of hydrogen-bond acceptors (Lipinski definition) is 2. The van der Waals surface area contributed by atoms with E-state index in [0.717, 1.165) is 18.6 Å². The van der Waals surface area contributed by atoms with Gasteiger partial charge in [-0.3, -0.25) is 0 Å². The zero-order valence-corrected chi connectivity index (χ0v) is 8.84. The monoisotopic (exact) mass is 191 g/mol. The number of fused-ring (bicyclic) bond motifs is 1. The molecule has 1 heterocycles. The Balaban J connectivity index is 2.36. The summed E-state index contributed by atoms with van der Waals surface area (Å²) < 4.78 is 5.74. The zero-order valence-electron chi connectivity index (χ0n) is 8.84. The zero-order chi connectivity index (χ0) is 10.1. The smallest absolute Gasteiger partial charge is 0.125 e. The summed E-state index contributed by atoms with van der Waals surface area (Å²) in [4.78, 5) is 0. The Morgan fingerprint density at radius 1 is 1.50 bits per heavy atom. The van der Waals surface area contributed by atoms with Crippen molar-refractivity contribution in [2.75, 3.05) is 6.54 Å².